The average Bonchev–Trinajstić information content (AvgIpc) is 3.16. The molecule has 3 heterocycles. The summed E-state index contributed by atoms with van der Waals surface area (Å²) < 4.78 is 6.99. The Bertz CT molecular complexity index is 1090. The van der Waals surface area contributed by atoms with Gasteiger partial charge in [0.1, 0.15) is 6.04 Å². The molecule has 0 amide bonds. The normalized spacial score (nSPS) is 18.7. The average molecular weight is 411 g/mol. The summed E-state index contributed by atoms with van der Waals surface area (Å²) in [6.45, 7) is 9.24. The van der Waals surface area contributed by atoms with Crippen LogP contribution >= 0.6 is 0 Å². The van der Waals surface area contributed by atoms with Gasteiger partial charge in [0.2, 0.25) is 0 Å². The zero-order valence-corrected chi connectivity index (χ0v) is 18.2. The van der Waals surface area contributed by atoms with Gasteiger partial charge in [-0.3, -0.25) is 9.69 Å². The van der Waals surface area contributed by atoms with Crippen LogP contribution in [0.15, 0.2) is 23.0 Å². The SMILES string of the molecule is COCCn1nnnc1[C@H](c1cc2cc(C)cc(C)c2[nH]c1=O)N1CCC[C@H](C)C1. The van der Waals surface area contributed by atoms with Crippen LogP contribution in [0.2, 0.25) is 0 Å². The summed E-state index contributed by atoms with van der Waals surface area (Å²) in [6, 6.07) is 5.93. The van der Waals surface area contributed by atoms with Gasteiger partial charge in [-0.25, -0.2) is 4.68 Å². The van der Waals surface area contributed by atoms with Crippen molar-refractivity contribution in [2.75, 3.05) is 26.8 Å². The third kappa shape index (κ3) is 4.02. The predicted octanol–water partition coefficient (Wildman–Crippen LogP) is 2.60. The van der Waals surface area contributed by atoms with Crippen molar-refractivity contribution in [3.8, 4) is 0 Å². The molecule has 2 aromatic heterocycles. The van der Waals surface area contributed by atoms with Crippen LogP contribution in [0.25, 0.3) is 10.9 Å². The Balaban J connectivity index is 1.87. The molecule has 1 aliphatic heterocycles. The van der Waals surface area contributed by atoms with Crippen molar-refractivity contribution >= 4 is 10.9 Å². The number of nitrogens with zero attached hydrogens (tertiary/aromatic N) is 5. The van der Waals surface area contributed by atoms with E-state index in [0.29, 0.717) is 30.5 Å². The summed E-state index contributed by atoms with van der Waals surface area (Å²) in [5.74, 6) is 1.25. The Kier molecular flexibility index (Phi) is 5.97. The van der Waals surface area contributed by atoms with E-state index in [0.717, 1.165) is 36.0 Å². The molecule has 1 N–H and O–H groups in total. The molecule has 0 saturated carbocycles. The van der Waals surface area contributed by atoms with E-state index >= 15 is 0 Å². The minimum absolute atomic E-state index is 0.0843. The summed E-state index contributed by atoms with van der Waals surface area (Å²) in [4.78, 5) is 18.7. The second-order valence-corrected chi connectivity index (χ2v) is 8.50. The molecule has 0 radical (unpaired) electrons. The summed E-state index contributed by atoms with van der Waals surface area (Å²) in [7, 11) is 1.66. The fourth-order valence-electron chi connectivity index (χ4n) is 4.61. The van der Waals surface area contributed by atoms with Gasteiger partial charge in [-0.1, -0.05) is 18.6 Å². The number of methoxy groups -OCH3 is 1. The van der Waals surface area contributed by atoms with E-state index < -0.39 is 0 Å². The zero-order chi connectivity index (χ0) is 21.3. The van der Waals surface area contributed by atoms with Crippen LogP contribution in [0.5, 0.6) is 0 Å². The van der Waals surface area contributed by atoms with Crippen molar-refractivity contribution in [3.63, 3.8) is 0 Å². The largest absolute Gasteiger partial charge is 0.383 e. The molecule has 1 fully saturated rings. The highest BCUT2D eigenvalue weighted by Crippen LogP contribution is 2.31. The molecule has 8 nitrogen and oxygen atoms in total. The highest BCUT2D eigenvalue weighted by atomic mass is 16.5. The van der Waals surface area contributed by atoms with Crippen LogP contribution in [0.3, 0.4) is 0 Å². The molecule has 4 rings (SSSR count). The smallest absolute Gasteiger partial charge is 0.253 e. The first-order valence-corrected chi connectivity index (χ1v) is 10.6. The van der Waals surface area contributed by atoms with Gasteiger partial charge in [0, 0.05) is 19.2 Å². The number of aryl methyl sites for hydroxylation is 2. The maximum absolute atomic E-state index is 13.3. The minimum atomic E-state index is -0.298. The molecule has 1 saturated heterocycles. The molecule has 2 atom stereocenters. The number of hydrogen-bond acceptors (Lipinski definition) is 6. The maximum atomic E-state index is 13.3. The van der Waals surface area contributed by atoms with Crippen LogP contribution in [0.4, 0.5) is 0 Å². The van der Waals surface area contributed by atoms with Gasteiger partial charge in [0.15, 0.2) is 5.82 Å². The molecule has 1 aliphatic rings. The number of hydrogen-bond donors (Lipinski definition) is 1. The van der Waals surface area contributed by atoms with Gasteiger partial charge in [-0.2, -0.15) is 0 Å². The molecular formula is C22H30N6O2. The van der Waals surface area contributed by atoms with E-state index in [1.54, 1.807) is 11.8 Å². The number of nitrogens with one attached hydrogen (secondary N) is 1. The Hall–Kier alpha value is -2.58. The lowest BCUT2D eigenvalue weighted by molar-refractivity contribution is 0.137. The van der Waals surface area contributed by atoms with E-state index in [4.69, 9.17) is 4.74 Å². The first kappa shape index (κ1) is 20.7. The third-order valence-electron chi connectivity index (χ3n) is 5.98. The van der Waals surface area contributed by atoms with Gasteiger partial charge in [-0.15, -0.1) is 5.10 Å². The molecule has 30 heavy (non-hydrogen) atoms. The number of benzene rings is 1. The van der Waals surface area contributed by atoms with Crippen LogP contribution in [-0.2, 0) is 11.3 Å². The van der Waals surface area contributed by atoms with E-state index in [1.807, 2.05) is 13.0 Å². The van der Waals surface area contributed by atoms with Crippen molar-refractivity contribution in [2.24, 2.45) is 5.92 Å². The monoisotopic (exact) mass is 410 g/mol. The number of tetrazole rings is 1. The Morgan fingerprint density at radius 2 is 2.13 bits per heavy atom. The number of likely N-dealkylation sites (tertiary alicyclic amines) is 1. The summed E-state index contributed by atoms with van der Waals surface area (Å²) in [6.07, 6.45) is 2.30. The number of rotatable bonds is 6. The molecule has 1 aromatic carbocycles. The molecule has 0 bridgehead atoms. The van der Waals surface area contributed by atoms with Crippen molar-refractivity contribution in [2.45, 2.75) is 46.2 Å². The number of aromatic amines is 1. The summed E-state index contributed by atoms with van der Waals surface area (Å²) >= 11 is 0. The van der Waals surface area contributed by atoms with Gasteiger partial charge < -0.3 is 9.72 Å². The first-order valence-electron chi connectivity index (χ1n) is 10.6. The highest BCUT2D eigenvalue weighted by molar-refractivity contribution is 5.83. The zero-order valence-electron chi connectivity index (χ0n) is 18.2. The highest BCUT2D eigenvalue weighted by Gasteiger charge is 2.32. The van der Waals surface area contributed by atoms with Gasteiger partial charge >= 0.3 is 0 Å². The van der Waals surface area contributed by atoms with Crippen LogP contribution < -0.4 is 5.56 Å². The Morgan fingerprint density at radius 1 is 1.30 bits per heavy atom. The van der Waals surface area contributed by atoms with Crippen LogP contribution in [0.1, 0.15) is 48.3 Å². The van der Waals surface area contributed by atoms with Crippen molar-refractivity contribution in [3.05, 3.63) is 51.1 Å². The molecule has 160 valence electrons. The second-order valence-electron chi connectivity index (χ2n) is 8.50. The van der Waals surface area contributed by atoms with E-state index in [1.165, 1.54) is 12.0 Å². The lowest BCUT2D eigenvalue weighted by Gasteiger charge is -2.36. The Morgan fingerprint density at radius 3 is 2.90 bits per heavy atom. The second kappa shape index (κ2) is 8.65. The van der Waals surface area contributed by atoms with Crippen molar-refractivity contribution < 1.29 is 4.74 Å². The predicted molar refractivity (Wildman–Crippen MR) is 116 cm³/mol. The Labute approximate surface area is 176 Å². The van der Waals surface area contributed by atoms with Crippen molar-refractivity contribution in [1.82, 2.24) is 30.1 Å². The lowest BCUT2D eigenvalue weighted by Crippen LogP contribution is -2.41. The number of fused-ring (bicyclic) bond motifs is 1. The molecular weight excluding hydrogens is 380 g/mol. The van der Waals surface area contributed by atoms with Crippen LogP contribution in [-0.4, -0.2) is 56.9 Å². The van der Waals surface area contributed by atoms with E-state index in [9.17, 15) is 4.79 Å². The first-order chi connectivity index (χ1) is 14.5. The standard InChI is InChI=1S/C22H30N6O2/c1-14-6-5-7-27(13-14)20(21-24-25-26-28(21)8-9-30-4)18-12-17-11-15(2)10-16(3)19(17)23-22(18)29/h10-12,14,20H,5-9,13H2,1-4H3,(H,23,29)/t14-,20-/m0/s1. The number of aromatic nitrogens is 5. The van der Waals surface area contributed by atoms with Gasteiger partial charge in [0.05, 0.1) is 18.7 Å². The topological polar surface area (TPSA) is 88.9 Å². The number of pyridine rings is 1. The number of H-pyrrole nitrogens is 1. The summed E-state index contributed by atoms with van der Waals surface area (Å²) in [5, 5.41) is 13.5. The number of ether oxygens (including phenoxy) is 1. The molecule has 0 aliphatic carbocycles. The minimum Gasteiger partial charge on any atom is -0.383 e. The number of piperidine rings is 1. The van der Waals surface area contributed by atoms with Gasteiger partial charge in [-0.05, 0) is 72.7 Å². The quantitative estimate of drug-likeness (QED) is 0.672. The molecule has 0 spiro atoms. The van der Waals surface area contributed by atoms with Gasteiger partial charge in [0.25, 0.3) is 5.56 Å². The fourth-order valence-corrected chi connectivity index (χ4v) is 4.61. The molecule has 8 heteroatoms. The maximum Gasteiger partial charge on any atom is 0.253 e. The molecule has 0 unspecified atom stereocenters. The molecule has 3 aromatic rings. The summed E-state index contributed by atoms with van der Waals surface area (Å²) in [5.41, 5.74) is 3.74. The lowest BCUT2D eigenvalue weighted by atomic mass is 9.95. The fraction of sp³-hybridized carbons (Fsp3) is 0.545. The third-order valence-corrected chi connectivity index (χ3v) is 5.98. The van der Waals surface area contributed by atoms with Crippen LogP contribution in [0, 0.1) is 19.8 Å². The van der Waals surface area contributed by atoms with E-state index in [-0.39, 0.29) is 11.6 Å². The van der Waals surface area contributed by atoms with Crippen molar-refractivity contribution in [1.29, 1.82) is 0 Å². The van der Waals surface area contributed by atoms with E-state index in [2.05, 4.69) is 51.4 Å².